The third kappa shape index (κ3) is 3.25. The van der Waals surface area contributed by atoms with E-state index in [0.29, 0.717) is 30.9 Å². The maximum atomic E-state index is 11.8. The summed E-state index contributed by atoms with van der Waals surface area (Å²) >= 11 is 0. The van der Waals surface area contributed by atoms with Crippen LogP contribution >= 0.6 is 0 Å². The molecule has 0 atom stereocenters. The summed E-state index contributed by atoms with van der Waals surface area (Å²) < 4.78 is 5.06. The average Bonchev–Trinajstić information content (AvgIpc) is 2.79. The third-order valence-electron chi connectivity index (χ3n) is 3.68. The first-order chi connectivity index (χ1) is 9.51. The largest absolute Gasteiger partial charge is 0.462 e. The SMILES string of the molecule is CCOC(=O)c1cc(C)c(CN2CCC(=O)C2)cc1C. The van der Waals surface area contributed by atoms with Gasteiger partial charge in [-0.2, -0.15) is 0 Å². The molecular weight excluding hydrogens is 254 g/mol. The predicted molar refractivity (Wildman–Crippen MR) is 76.8 cm³/mol. The number of esters is 1. The summed E-state index contributed by atoms with van der Waals surface area (Å²) in [5.74, 6) is 0.0403. The van der Waals surface area contributed by atoms with E-state index in [1.165, 1.54) is 5.56 Å². The minimum Gasteiger partial charge on any atom is -0.462 e. The highest BCUT2D eigenvalue weighted by Gasteiger charge is 2.20. The molecule has 0 aromatic heterocycles. The van der Waals surface area contributed by atoms with Crippen LogP contribution in [0.15, 0.2) is 12.1 Å². The Labute approximate surface area is 119 Å². The Hall–Kier alpha value is -1.68. The Morgan fingerprint density at radius 3 is 2.65 bits per heavy atom. The van der Waals surface area contributed by atoms with E-state index in [4.69, 9.17) is 4.74 Å². The Morgan fingerprint density at radius 2 is 2.05 bits per heavy atom. The fraction of sp³-hybridized carbons (Fsp3) is 0.500. The molecule has 1 saturated heterocycles. The van der Waals surface area contributed by atoms with Crippen molar-refractivity contribution in [2.24, 2.45) is 0 Å². The van der Waals surface area contributed by atoms with Gasteiger partial charge in [0, 0.05) is 19.5 Å². The first-order valence-corrected chi connectivity index (χ1v) is 7.02. The number of hydrogen-bond acceptors (Lipinski definition) is 4. The number of carbonyl (C=O) groups is 2. The Balaban J connectivity index is 2.17. The molecule has 1 fully saturated rings. The van der Waals surface area contributed by atoms with E-state index < -0.39 is 0 Å². The smallest absolute Gasteiger partial charge is 0.338 e. The predicted octanol–water partition coefficient (Wildman–Crippen LogP) is 2.25. The van der Waals surface area contributed by atoms with Crippen LogP contribution in [0.4, 0.5) is 0 Å². The van der Waals surface area contributed by atoms with Crippen molar-refractivity contribution in [3.63, 3.8) is 0 Å². The number of ether oxygens (including phenoxy) is 1. The highest BCUT2D eigenvalue weighted by molar-refractivity contribution is 5.91. The zero-order valence-electron chi connectivity index (χ0n) is 12.4. The van der Waals surface area contributed by atoms with Gasteiger partial charge in [-0.3, -0.25) is 9.69 Å². The summed E-state index contributed by atoms with van der Waals surface area (Å²) in [4.78, 5) is 25.3. The van der Waals surface area contributed by atoms with E-state index in [1.807, 2.05) is 26.0 Å². The molecule has 1 aromatic rings. The van der Waals surface area contributed by atoms with Crippen molar-refractivity contribution in [1.82, 2.24) is 4.90 Å². The molecule has 1 aromatic carbocycles. The van der Waals surface area contributed by atoms with Gasteiger partial charge in [0.15, 0.2) is 0 Å². The van der Waals surface area contributed by atoms with Gasteiger partial charge in [-0.05, 0) is 43.5 Å². The van der Waals surface area contributed by atoms with E-state index in [1.54, 1.807) is 6.92 Å². The van der Waals surface area contributed by atoms with Crippen LogP contribution in [0.5, 0.6) is 0 Å². The second kappa shape index (κ2) is 6.18. The molecule has 0 spiro atoms. The summed E-state index contributed by atoms with van der Waals surface area (Å²) in [7, 11) is 0. The highest BCUT2D eigenvalue weighted by atomic mass is 16.5. The second-order valence-electron chi connectivity index (χ2n) is 5.31. The number of ketones is 1. The Kier molecular flexibility index (Phi) is 4.55. The summed E-state index contributed by atoms with van der Waals surface area (Å²) in [6.45, 7) is 8.24. The van der Waals surface area contributed by atoms with Crippen LogP contribution in [-0.2, 0) is 16.1 Å². The van der Waals surface area contributed by atoms with Crippen LogP contribution in [0.2, 0.25) is 0 Å². The lowest BCUT2D eigenvalue weighted by atomic mass is 9.99. The number of Topliss-reactive ketones (excluding diaryl/α,β-unsaturated/α-hetero) is 1. The van der Waals surface area contributed by atoms with Crippen LogP contribution in [0.1, 0.15) is 40.4 Å². The molecule has 1 heterocycles. The number of hydrogen-bond donors (Lipinski definition) is 0. The molecule has 0 saturated carbocycles. The molecule has 0 aliphatic carbocycles. The second-order valence-corrected chi connectivity index (χ2v) is 5.31. The molecule has 20 heavy (non-hydrogen) atoms. The van der Waals surface area contributed by atoms with Gasteiger partial charge in [-0.15, -0.1) is 0 Å². The lowest BCUT2D eigenvalue weighted by molar-refractivity contribution is -0.116. The molecule has 0 unspecified atom stereocenters. The van der Waals surface area contributed by atoms with Crippen molar-refractivity contribution in [1.29, 1.82) is 0 Å². The molecule has 0 amide bonds. The van der Waals surface area contributed by atoms with E-state index in [-0.39, 0.29) is 5.97 Å². The minimum absolute atomic E-state index is 0.268. The molecule has 1 aliphatic rings. The number of benzene rings is 1. The minimum atomic E-state index is -0.268. The highest BCUT2D eigenvalue weighted by Crippen LogP contribution is 2.20. The zero-order valence-corrected chi connectivity index (χ0v) is 12.4. The van der Waals surface area contributed by atoms with Crippen LogP contribution < -0.4 is 0 Å². The average molecular weight is 275 g/mol. The van der Waals surface area contributed by atoms with Gasteiger partial charge in [0.25, 0.3) is 0 Å². The molecule has 2 rings (SSSR count). The van der Waals surface area contributed by atoms with Crippen molar-refractivity contribution in [2.75, 3.05) is 19.7 Å². The normalized spacial score (nSPS) is 15.7. The quantitative estimate of drug-likeness (QED) is 0.791. The van der Waals surface area contributed by atoms with Crippen LogP contribution in [0, 0.1) is 13.8 Å². The van der Waals surface area contributed by atoms with Gasteiger partial charge < -0.3 is 4.74 Å². The Morgan fingerprint density at radius 1 is 1.30 bits per heavy atom. The summed E-state index contributed by atoms with van der Waals surface area (Å²) in [5, 5.41) is 0. The molecule has 0 radical (unpaired) electrons. The molecular formula is C16H21NO3. The third-order valence-corrected chi connectivity index (χ3v) is 3.68. The van der Waals surface area contributed by atoms with Crippen LogP contribution in [0.3, 0.4) is 0 Å². The van der Waals surface area contributed by atoms with Gasteiger partial charge in [0.1, 0.15) is 5.78 Å². The van der Waals surface area contributed by atoms with Gasteiger partial charge in [0.05, 0.1) is 18.7 Å². The number of rotatable bonds is 4. The van der Waals surface area contributed by atoms with Crippen molar-refractivity contribution < 1.29 is 14.3 Å². The zero-order chi connectivity index (χ0) is 14.7. The van der Waals surface area contributed by atoms with Gasteiger partial charge in [0.2, 0.25) is 0 Å². The fourth-order valence-corrected chi connectivity index (χ4v) is 2.54. The van der Waals surface area contributed by atoms with Crippen molar-refractivity contribution in [3.8, 4) is 0 Å². The van der Waals surface area contributed by atoms with Crippen molar-refractivity contribution >= 4 is 11.8 Å². The molecule has 0 bridgehead atoms. The van der Waals surface area contributed by atoms with Gasteiger partial charge >= 0.3 is 5.97 Å². The first kappa shape index (κ1) is 14.7. The van der Waals surface area contributed by atoms with Crippen molar-refractivity contribution in [3.05, 3.63) is 34.4 Å². The van der Waals surface area contributed by atoms with Crippen LogP contribution in [-0.4, -0.2) is 36.3 Å². The van der Waals surface area contributed by atoms with Crippen molar-refractivity contribution in [2.45, 2.75) is 33.7 Å². The summed E-state index contributed by atoms with van der Waals surface area (Å²) in [5.41, 5.74) is 3.79. The van der Waals surface area contributed by atoms with E-state index in [9.17, 15) is 9.59 Å². The van der Waals surface area contributed by atoms with Gasteiger partial charge in [-0.25, -0.2) is 4.79 Å². The van der Waals surface area contributed by atoms with E-state index in [2.05, 4.69) is 4.90 Å². The number of carbonyl (C=O) groups excluding carboxylic acids is 2. The number of nitrogens with zero attached hydrogens (tertiary/aromatic N) is 1. The monoisotopic (exact) mass is 275 g/mol. The first-order valence-electron chi connectivity index (χ1n) is 7.02. The number of aryl methyl sites for hydroxylation is 2. The maximum Gasteiger partial charge on any atom is 0.338 e. The molecule has 4 heteroatoms. The van der Waals surface area contributed by atoms with Crippen LogP contribution in [0.25, 0.3) is 0 Å². The lowest BCUT2D eigenvalue weighted by Gasteiger charge is -2.17. The molecule has 0 N–H and O–H groups in total. The van der Waals surface area contributed by atoms with E-state index >= 15 is 0 Å². The molecule has 1 aliphatic heterocycles. The molecule has 4 nitrogen and oxygen atoms in total. The summed E-state index contributed by atoms with van der Waals surface area (Å²) in [6, 6.07) is 3.92. The van der Waals surface area contributed by atoms with Gasteiger partial charge in [-0.1, -0.05) is 6.07 Å². The lowest BCUT2D eigenvalue weighted by Crippen LogP contribution is -2.21. The van der Waals surface area contributed by atoms with E-state index in [0.717, 1.165) is 24.2 Å². The topological polar surface area (TPSA) is 46.6 Å². The fourth-order valence-electron chi connectivity index (χ4n) is 2.54. The Bertz CT molecular complexity index is 537. The summed E-state index contributed by atoms with van der Waals surface area (Å²) in [6.07, 6.45) is 0.652. The maximum absolute atomic E-state index is 11.8. The number of likely N-dealkylation sites (tertiary alicyclic amines) is 1. The standard InChI is InChI=1S/C16H21NO3/c1-4-20-16(19)15-8-11(2)13(7-12(15)3)9-17-6-5-14(18)10-17/h7-8H,4-6,9-10H2,1-3H3. The molecule has 108 valence electrons.